The van der Waals surface area contributed by atoms with Crippen LogP contribution >= 0.6 is 0 Å². The van der Waals surface area contributed by atoms with Gasteiger partial charge in [0.25, 0.3) is 0 Å². The van der Waals surface area contributed by atoms with Crippen LogP contribution in [0.4, 0.5) is 0 Å². The van der Waals surface area contributed by atoms with Gasteiger partial charge in [-0.1, -0.05) is 30.3 Å². The number of carbonyl (C=O) groups excluding carboxylic acids is 1. The molecule has 2 rings (SSSR count). The van der Waals surface area contributed by atoms with Gasteiger partial charge in [-0.3, -0.25) is 4.79 Å². The topological polar surface area (TPSA) is 88.0 Å². The molecule has 3 N–H and O–H groups in total. The van der Waals surface area contributed by atoms with Gasteiger partial charge in [-0.25, -0.2) is 0 Å². The summed E-state index contributed by atoms with van der Waals surface area (Å²) in [5, 5.41) is 21.2. The molecule has 0 aliphatic carbocycles. The lowest BCUT2D eigenvalue weighted by atomic mass is 9.98. The Morgan fingerprint density at radius 3 is 2.52 bits per heavy atom. The molecule has 2 aromatic rings. The first kappa shape index (κ1) is 18.8. The summed E-state index contributed by atoms with van der Waals surface area (Å²) < 4.78 is 11.0. The molecule has 6 heteroatoms. The predicted molar refractivity (Wildman–Crippen MR) is 94.5 cm³/mol. The fraction of sp³-hybridized carbons (Fsp3) is 0.316. The summed E-state index contributed by atoms with van der Waals surface area (Å²) in [5.41, 5.74) is 2.75. The van der Waals surface area contributed by atoms with E-state index in [1.54, 1.807) is 6.07 Å². The van der Waals surface area contributed by atoms with Crippen LogP contribution in [0.25, 0.3) is 11.1 Å². The SMILES string of the molecule is COc1cc(CNC(C)=O)c(-c2ccccc2)cc1OCC(O)CO. The maximum atomic E-state index is 11.3. The van der Waals surface area contributed by atoms with Crippen LogP contribution in [0, 0.1) is 0 Å². The third-order valence-corrected chi connectivity index (χ3v) is 3.64. The fourth-order valence-corrected chi connectivity index (χ4v) is 2.37. The van der Waals surface area contributed by atoms with E-state index < -0.39 is 6.10 Å². The van der Waals surface area contributed by atoms with Gasteiger partial charge in [0.15, 0.2) is 11.5 Å². The van der Waals surface area contributed by atoms with E-state index in [2.05, 4.69) is 5.32 Å². The summed E-state index contributed by atoms with van der Waals surface area (Å²) in [6.07, 6.45) is -0.969. The van der Waals surface area contributed by atoms with Crippen molar-refractivity contribution in [1.29, 1.82) is 0 Å². The van der Waals surface area contributed by atoms with Crippen molar-refractivity contribution >= 4 is 5.91 Å². The molecule has 2 aromatic carbocycles. The zero-order valence-corrected chi connectivity index (χ0v) is 14.4. The number of hydrogen-bond acceptors (Lipinski definition) is 5. The van der Waals surface area contributed by atoms with Crippen LogP contribution in [-0.4, -0.2) is 42.5 Å². The summed E-state index contributed by atoms with van der Waals surface area (Å²) in [5.74, 6) is 0.829. The Labute approximate surface area is 147 Å². The van der Waals surface area contributed by atoms with E-state index in [1.165, 1.54) is 14.0 Å². The molecule has 0 saturated heterocycles. The number of aliphatic hydroxyl groups is 2. The molecular weight excluding hydrogens is 322 g/mol. The first-order chi connectivity index (χ1) is 12.0. The van der Waals surface area contributed by atoms with Crippen LogP contribution in [0.1, 0.15) is 12.5 Å². The second-order valence-electron chi connectivity index (χ2n) is 5.58. The minimum Gasteiger partial charge on any atom is -0.493 e. The molecule has 0 saturated carbocycles. The standard InChI is InChI=1S/C19H23NO5/c1-13(22)20-10-15-8-18(24-2)19(25-12-16(23)11-21)9-17(15)14-6-4-3-5-7-14/h3-9,16,21,23H,10-12H2,1-2H3,(H,20,22). The van der Waals surface area contributed by atoms with Crippen LogP contribution in [-0.2, 0) is 11.3 Å². The lowest BCUT2D eigenvalue weighted by Gasteiger charge is -2.18. The van der Waals surface area contributed by atoms with Gasteiger partial charge < -0.3 is 25.0 Å². The molecule has 0 heterocycles. The number of aliphatic hydroxyl groups excluding tert-OH is 2. The molecular formula is C19H23NO5. The number of ether oxygens (including phenoxy) is 2. The summed E-state index contributed by atoms with van der Waals surface area (Å²) >= 11 is 0. The number of methoxy groups -OCH3 is 1. The van der Waals surface area contributed by atoms with Gasteiger partial charge in [-0.15, -0.1) is 0 Å². The number of hydrogen-bond donors (Lipinski definition) is 3. The van der Waals surface area contributed by atoms with Gasteiger partial charge in [0.2, 0.25) is 5.91 Å². The van der Waals surface area contributed by atoms with E-state index in [1.807, 2.05) is 36.4 Å². The molecule has 1 unspecified atom stereocenters. The van der Waals surface area contributed by atoms with Gasteiger partial charge in [0.05, 0.1) is 13.7 Å². The van der Waals surface area contributed by atoms with Crippen molar-refractivity contribution in [1.82, 2.24) is 5.32 Å². The van der Waals surface area contributed by atoms with Gasteiger partial charge in [-0.2, -0.15) is 0 Å². The zero-order valence-electron chi connectivity index (χ0n) is 14.4. The highest BCUT2D eigenvalue weighted by Crippen LogP contribution is 2.36. The maximum Gasteiger partial charge on any atom is 0.217 e. The summed E-state index contributed by atoms with van der Waals surface area (Å²) in [6, 6.07) is 13.3. The van der Waals surface area contributed by atoms with Crippen LogP contribution in [0.5, 0.6) is 11.5 Å². The Morgan fingerprint density at radius 2 is 1.92 bits per heavy atom. The maximum absolute atomic E-state index is 11.3. The molecule has 0 fully saturated rings. The molecule has 1 amide bonds. The van der Waals surface area contributed by atoms with Crippen molar-refractivity contribution in [3.8, 4) is 22.6 Å². The van der Waals surface area contributed by atoms with Gasteiger partial charge in [0, 0.05) is 13.5 Å². The molecule has 0 aliphatic rings. The second kappa shape index (κ2) is 9.05. The molecule has 6 nitrogen and oxygen atoms in total. The summed E-state index contributed by atoms with van der Waals surface area (Å²) in [6.45, 7) is 1.39. The Hall–Kier alpha value is -2.57. The van der Waals surface area contributed by atoms with E-state index in [0.29, 0.717) is 18.0 Å². The molecule has 1 atom stereocenters. The van der Waals surface area contributed by atoms with Crippen molar-refractivity contribution in [2.24, 2.45) is 0 Å². The van der Waals surface area contributed by atoms with Crippen molar-refractivity contribution in [3.63, 3.8) is 0 Å². The highest BCUT2D eigenvalue weighted by molar-refractivity contribution is 5.75. The predicted octanol–water partition coefficient (Wildman–Crippen LogP) is 1.73. The first-order valence-electron chi connectivity index (χ1n) is 7.97. The van der Waals surface area contributed by atoms with E-state index in [9.17, 15) is 9.90 Å². The van der Waals surface area contributed by atoms with Crippen LogP contribution in [0.15, 0.2) is 42.5 Å². The monoisotopic (exact) mass is 345 g/mol. The Kier molecular flexibility index (Phi) is 6.80. The molecule has 0 aliphatic heterocycles. The lowest BCUT2D eigenvalue weighted by Crippen LogP contribution is -2.22. The zero-order chi connectivity index (χ0) is 18.2. The van der Waals surface area contributed by atoms with E-state index in [-0.39, 0.29) is 19.1 Å². The van der Waals surface area contributed by atoms with Crippen molar-refractivity contribution in [2.75, 3.05) is 20.3 Å². The molecule has 0 aromatic heterocycles. The van der Waals surface area contributed by atoms with Crippen molar-refractivity contribution in [2.45, 2.75) is 19.6 Å². The van der Waals surface area contributed by atoms with Gasteiger partial charge in [-0.05, 0) is 28.8 Å². The van der Waals surface area contributed by atoms with Crippen LogP contribution < -0.4 is 14.8 Å². The normalized spacial score (nSPS) is 11.7. The summed E-state index contributed by atoms with van der Waals surface area (Å²) in [4.78, 5) is 11.3. The molecule has 0 bridgehead atoms. The number of carbonyl (C=O) groups is 1. The Bertz CT molecular complexity index is 702. The van der Waals surface area contributed by atoms with E-state index in [4.69, 9.17) is 14.6 Å². The number of amides is 1. The third-order valence-electron chi connectivity index (χ3n) is 3.64. The average Bonchev–Trinajstić information content (AvgIpc) is 2.64. The van der Waals surface area contributed by atoms with Crippen LogP contribution in [0.3, 0.4) is 0 Å². The minimum atomic E-state index is -0.969. The minimum absolute atomic E-state index is 0.0495. The largest absolute Gasteiger partial charge is 0.493 e. The third kappa shape index (κ3) is 5.20. The van der Waals surface area contributed by atoms with Crippen molar-refractivity contribution < 1.29 is 24.5 Å². The Morgan fingerprint density at radius 1 is 1.20 bits per heavy atom. The summed E-state index contributed by atoms with van der Waals surface area (Å²) in [7, 11) is 1.52. The number of rotatable bonds is 8. The average molecular weight is 345 g/mol. The Balaban J connectivity index is 2.42. The quantitative estimate of drug-likeness (QED) is 0.678. The first-order valence-corrected chi connectivity index (χ1v) is 7.97. The highest BCUT2D eigenvalue weighted by Gasteiger charge is 2.15. The van der Waals surface area contributed by atoms with Gasteiger partial charge in [0.1, 0.15) is 12.7 Å². The molecule has 25 heavy (non-hydrogen) atoms. The van der Waals surface area contributed by atoms with E-state index in [0.717, 1.165) is 16.7 Å². The smallest absolute Gasteiger partial charge is 0.217 e. The molecule has 0 spiro atoms. The molecule has 134 valence electrons. The number of benzene rings is 2. The number of nitrogens with one attached hydrogen (secondary N) is 1. The highest BCUT2D eigenvalue weighted by atomic mass is 16.5. The van der Waals surface area contributed by atoms with E-state index >= 15 is 0 Å². The lowest BCUT2D eigenvalue weighted by molar-refractivity contribution is -0.119. The van der Waals surface area contributed by atoms with Crippen LogP contribution in [0.2, 0.25) is 0 Å². The second-order valence-corrected chi connectivity index (χ2v) is 5.58. The molecule has 0 radical (unpaired) electrons. The fourth-order valence-electron chi connectivity index (χ4n) is 2.37. The van der Waals surface area contributed by atoms with Gasteiger partial charge >= 0.3 is 0 Å². The van der Waals surface area contributed by atoms with Crippen molar-refractivity contribution in [3.05, 3.63) is 48.0 Å².